The van der Waals surface area contributed by atoms with Gasteiger partial charge in [-0.1, -0.05) is 6.07 Å². The molecule has 0 spiro atoms. The van der Waals surface area contributed by atoms with Crippen molar-refractivity contribution < 1.29 is 14.6 Å². The molecule has 1 unspecified atom stereocenters. The Morgan fingerprint density at radius 2 is 2.35 bits per heavy atom. The molecule has 0 bridgehead atoms. The van der Waals surface area contributed by atoms with Crippen molar-refractivity contribution in [1.82, 2.24) is 5.32 Å². The summed E-state index contributed by atoms with van der Waals surface area (Å²) < 4.78 is 4.93. The number of amides is 1. The predicted octanol–water partition coefficient (Wildman–Crippen LogP) is 1.54. The molecule has 2 N–H and O–H groups in total. The Kier molecular flexibility index (Phi) is 4.41. The first kappa shape index (κ1) is 12.9. The van der Waals surface area contributed by atoms with Gasteiger partial charge in [0, 0.05) is 12.5 Å². The highest BCUT2D eigenvalue weighted by Gasteiger charge is 2.15. The minimum atomic E-state index is -0.371. The molecule has 0 heterocycles. The third kappa shape index (κ3) is 3.15. The topological polar surface area (TPSA) is 58.6 Å². The van der Waals surface area contributed by atoms with Crippen LogP contribution in [-0.4, -0.2) is 24.2 Å². The number of nitrogens with one attached hydrogen (secondary N) is 1. The van der Waals surface area contributed by atoms with Gasteiger partial charge in [-0.3, -0.25) is 4.79 Å². The van der Waals surface area contributed by atoms with Crippen molar-refractivity contribution in [2.75, 3.05) is 7.11 Å². The minimum absolute atomic E-state index is 0.141. The Balaban J connectivity index is 2.86. The van der Waals surface area contributed by atoms with Crippen LogP contribution in [0.4, 0.5) is 0 Å². The van der Waals surface area contributed by atoms with E-state index in [0.29, 0.717) is 6.42 Å². The van der Waals surface area contributed by atoms with E-state index in [1.54, 1.807) is 19.1 Å². The van der Waals surface area contributed by atoms with E-state index in [2.05, 4.69) is 11.2 Å². The number of hydrogen-bond donors (Lipinski definition) is 2. The van der Waals surface area contributed by atoms with Crippen LogP contribution in [0.1, 0.15) is 23.7 Å². The second-order valence-electron chi connectivity index (χ2n) is 3.64. The fourth-order valence-electron chi connectivity index (χ4n) is 1.40. The van der Waals surface area contributed by atoms with Gasteiger partial charge in [0.25, 0.3) is 5.91 Å². The summed E-state index contributed by atoms with van der Waals surface area (Å²) in [6.07, 6.45) is 5.59. The largest absolute Gasteiger partial charge is 0.504 e. The summed E-state index contributed by atoms with van der Waals surface area (Å²) in [7, 11) is 1.43. The number of carbonyl (C=O) groups excluding carboxylic acids is 1. The monoisotopic (exact) mass is 233 g/mol. The molecule has 0 saturated heterocycles. The highest BCUT2D eigenvalue weighted by molar-refractivity contribution is 5.97. The summed E-state index contributed by atoms with van der Waals surface area (Å²) in [6.45, 7) is 1.80. The van der Waals surface area contributed by atoms with Gasteiger partial charge in [0.1, 0.15) is 0 Å². The normalized spacial score (nSPS) is 11.4. The summed E-state index contributed by atoms with van der Waals surface area (Å²) in [5.41, 5.74) is 0.174. The number of hydrogen-bond acceptors (Lipinski definition) is 3. The summed E-state index contributed by atoms with van der Waals surface area (Å²) >= 11 is 0. The lowest BCUT2D eigenvalue weighted by Gasteiger charge is -2.12. The number of benzene rings is 1. The maximum Gasteiger partial charge on any atom is 0.255 e. The number of aromatic hydroxyl groups is 1. The first-order chi connectivity index (χ1) is 8.10. The first-order valence-corrected chi connectivity index (χ1v) is 5.20. The van der Waals surface area contributed by atoms with Gasteiger partial charge >= 0.3 is 0 Å². The Morgan fingerprint density at radius 3 is 2.94 bits per heavy atom. The number of terminal acetylenes is 1. The highest BCUT2D eigenvalue weighted by Crippen LogP contribution is 2.29. The molecule has 17 heavy (non-hydrogen) atoms. The molecule has 0 saturated carbocycles. The van der Waals surface area contributed by atoms with Gasteiger partial charge in [0.2, 0.25) is 0 Å². The van der Waals surface area contributed by atoms with Crippen LogP contribution < -0.4 is 10.1 Å². The van der Waals surface area contributed by atoms with Crippen LogP contribution in [0.15, 0.2) is 18.2 Å². The molecule has 4 heteroatoms. The van der Waals surface area contributed by atoms with Crippen LogP contribution in [0.5, 0.6) is 11.5 Å². The lowest BCUT2D eigenvalue weighted by atomic mass is 10.1. The van der Waals surface area contributed by atoms with E-state index in [9.17, 15) is 9.90 Å². The van der Waals surface area contributed by atoms with E-state index in [1.807, 2.05) is 0 Å². The minimum Gasteiger partial charge on any atom is -0.504 e. The Morgan fingerprint density at radius 1 is 1.65 bits per heavy atom. The molecule has 0 fully saturated rings. The molecule has 1 aromatic rings. The SMILES string of the molecule is C#CCC(C)NC(=O)c1cccc(OC)c1O. The number of rotatable bonds is 4. The van der Waals surface area contributed by atoms with E-state index in [0.717, 1.165) is 0 Å². The molecular weight excluding hydrogens is 218 g/mol. The van der Waals surface area contributed by atoms with E-state index >= 15 is 0 Å². The van der Waals surface area contributed by atoms with Crippen molar-refractivity contribution in [2.24, 2.45) is 0 Å². The summed E-state index contributed by atoms with van der Waals surface area (Å²) in [5.74, 6) is 2.19. The van der Waals surface area contributed by atoms with E-state index in [1.165, 1.54) is 13.2 Å². The van der Waals surface area contributed by atoms with Crippen LogP contribution in [0.3, 0.4) is 0 Å². The van der Waals surface area contributed by atoms with Crippen molar-refractivity contribution in [3.8, 4) is 23.8 Å². The maximum atomic E-state index is 11.8. The zero-order valence-electron chi connectivity index (χ0n) is 9.86. The van der Waals surface area contributed by atoms with Crippen molar-refractivity contribution in [3.63, 3.8) is 0 Å². The Bertz CT molecular complexity index is 448. The van der Waals surface area contributed by atoms with Crippen molar-refractivity contribution in [1.29, 1.82) is 0 Å². The highest BCUT2D eigenvalue weighted by atomic mass is 16.5. The lowest BCUT2D eigenvalue weighted by molar-refractivity contribution is 0.0937. The Labute approximate surface area is 101 Å². The second-order valence-corrected chi connectivity index (χ2v) is 3.64. The fraction of sp³-hybridized carbons (Fsp3) is 0.308. The molecule has 0 aliphatic carbocycles. The average molecular weight is 233 g/mol. The number of para-hydroxylation sites is 1. The quantitative estimate of drug-likeness (QED) is 0.775. The van der Waals surface area contributed by atoms with Gasteiger partial charge in [0.15, 0.2) is 11.5 Å². The van der Waals surface area contributed by atoms with Crippen LogP contribution >= 0.6 is 0 Å². The summed E-state index contributed by atoms with van der Waals surface area (Å²) in [6, 6.07) is 4.60. The number of phenols is 1. The maximum absolute atomic E-state index is 11.8. The number of methoxy groups -OCH3 is 1. The molecule has 1 amide bonds. The fourth-order valence-corrected chi connectivity index (χ4v) is 1.40. The van der Waals surface area contributed by atoms with E-state index in [4.69, 9.17) is 11.2 Å². The zero-order chi connectivity index (χ0) is 12.8. The van der Waals surface area contributed by atoms with Crippen LogP contribution in [0, 0.1) is 12.3 Å². The standard InChI is InChI=1S/C13H15NO3/c1-4-6-9(2)14-13(16)10-7-5-8-11(17-3)12(10)15/h1,5,7-9,15H,6H2,2-3H3,(H,14,16). The number of ether oxygens (including phenoxy) is 1. The van der Waals surface area contributed by atoms with Crippen molar-refractivity contribution >= 4 is 5.91 Å². The average Bonchev–Trinajstić information content (AvgIpc) is 2.29. The summed E-state index contributed by atoms with van der Waals surface area (Å²) in [4.78, 5) is 11.8. The van der Waals surface area contributed by atoms with Crippen LogP contribution in [0.2, 0.25) is 0 Å². The zero-order valence-corrected chi connectivity index (χ0v) is 9.86. The molecule has 1 rings (SSSR count). The molecule has 0 radical (unpaired) electrons. The molecular formula is C13H15NO3. The van der Waals surface area contributed by atoms with E-state index < -0.39 is 0 Å². The van der Waals surface area contributed by atoms with Gasteiger partial charge in [-0.05, 0) is 19.1 Å². The van der Waals surface area contributed by atoms with Crippen molar-refractivity contribution in [3.05, 3.63) is 23.8 Å². The number of phenolic OH excluding ortho intramolecular Hbond substituents is 1. The van der Waals surface area contributed by atoms with E-state index in [-0.39, 0.29) is 29.0 Å². The van der Waals surface area contributed by atoms with Gasteiger partial charge in [-0.15, -0.1) is 12.3 Å². The van der Waals surface area contributed by atoms with Crippen molar-refractivity contribution in [2.45, 2.75) is 19.4 Å². The molecule has 90 valence electrons. The van der Waals surface area contributed by atoms with Crippen LogP contribution in [0.25, 0.3) is 0 Å². The first-order valence-electron chi connectivity index (χ1n) is 5.20. The molecule has 0 aliphatic heterocycles. The summed E-state index contributed by atoms with van der Waals surface area (Å²) in [5, 5.41) is 12.5. The Hall–Kier alpha value is -2.15. The van der Waals surface area contributed by atoms with Gasteiger partial charge < -0.3 is 15.2 Å². The second kappa shape index (κ2) is 5.80. The predicted molar refractivity (Wildman–Crippen MR) is 65.0 cm³/mol. The molecule has 0 aromatic heterocycles. The lowest BCUT2D eigenvalue weighted by Crippen LogP contribution is -2.32. The third-order valence-corrected chi connectivity index (χ3v) is 2.27. The molecule has 1 aromatic carbocycles. The number of carbonyl (C=O) groups is 1. The molecule has 4 nitrogen and oxygen atoms in total. The smallest absolute Gasteiger partial charge is 0.255 e. The van der Waals surface area contributed by atoms with Gasteiger partial charge in [-0.2, -0.15) is 0 Å². The van der Waals surface area contributed by atoms with Crippen LogP contribution in [-0.2, 0) is 0 Å². The molecule has 1 atom stereocenters. The molecule has 0 aliphatic rings. The van der Waals surface area contributed by atoms with Gasteiger partial charge in [0.05, 0.1) is 12.7 Å². The van der Waals surface area contributed by atoms with Gasteiger partial charge in [-0.25, -0.2) is 0 Å². The third-order valence-electron chi connectivity index (χ3n) is 2.27.